The van der Waals surface area contributed by atoms with Crippen molar-refractivity contribution in [3.05, 3.63) is 107 Å². The van der Waals surface area contributed by atoms with Crippen LogP contribution >= 0.6 is 34.5 Å². The van der Waals surface area contributed by atoms with Crippen LogP contribution in [0.15, 0.2) is 80.1 Å². The van der Waals surface area contributed by atoms with Gasteiger partial charge in [0.1, 0.15) is 17.3 Å². The minimum Gasteiger partial charge on any atom is -0.463 e. The molecule has 0 bridgehead atoms. The molecule has 1 atom stereocenters. The number of aromatic nitrogens is 1. The Morgan fingerprint density at radius 2 is 1.88 bits per heavy atom. The molecule has 0 amide bonds. The number of ether oxygens (including phenoxy) is 2. The van der Waals surface area contributed by atoms with Crippen LogP contribution in [0.1, 0.15) is 38.1 Å². The number of rotatable bonds is 6. The summed E-state index contributed by atoms with van der Waals surface area (Å²) in [5.74, 6) is 0.281. The summed E-state index contributed by atoms with van der Waals surface area (Å²) < 4.78 is 18.3. The molecule has 0 spiro atoms. The van der Waals surface area contributed by atoms with Crippen molar-refractivity contribution in [2.45, 2.75) is 26.8 Å². The van der Waals surface area contributed by atoms with E-state index in [9.17, 15) is 14.4 Å². The fourth-order valence-corrected chi connectivity index (χ4v) is 5.91. The van der Waals surface area contributed by atoms with Gasteiger partial charge in [-0.05, 0) is 61.9 Å². The summed E-state index contributed by atoms with van der Waals surface area (Å²) in [4.78, 5) is 43.2. The molecule has 0 saturated heterocycles. The fraction of sp³-hybridized carbons (Fsp3) is 0.172. The van der Waals surface area contributed by atoms with E-state index in [0.717, 1.165) is 0 Å². The van der Waals surface area contributed by atoms with Crippen molar-refractivity contribution in [1.82, 2.24) is 4.57 Å². The summed E-state index contributed by atoms with van der Waals surface area (Å²) in [6.45, 7) is 4.89. The molecule has 1 aliphatic heterocycles. The second-order valence-corrected chi connectivity index (χ2v) is 10.6. The number of allylic oxidation sites excluding steroid dienone is 1. The molecule has 2 aromatic carbocycles. The van der Waals surface area contributed by atoms with Crippen molar-refractivity contribution >= 4 is 52.6 Å². The molecule has 40 heavy (non-hydrogen) atoms. The van der Waals surface area contributed by atoms with Gasteiger partial charge in [0, 0.05) is 23.6 Å². The molecule has 2 aromatic heterocycles. The number of thiazole rings is 1. The third-order valence-electron chi connectivity index (χ3n) is 6.07. The van der Waals surface area contributed by atoms with Gasteiger partial charge in [-0.1, -0.05) is 46.7 Å². The van der Waals surface area contributed by atoms with E-state index in [1.807, 2.05) is 0 Å². The number of fused-ring (bicyclic) bond motifs is 1. The highest BCUT2D eigenvalue weighted by Crippen LogP contribution is 2.33. The summed E-state index contributed by atoms with van der Waals surface area (Å²) in [5, 5.41) is 0.948. The van der Waals surface area contributed by atoms with E-state index in [0.29, 0.717) is 53.5 Å². The molecule has 0 fully saturated rings. The lowest BCUT2D eigenvalue weighted by Crippen LogP contribution is -2.39. The Balaban J connectivity index is 1.61. The predicted molar refractivity (Wildman–Crippen MR) is 152 cm³/mol. The van der Waals surface area contributed by atoms with Gasteiger partial charge >= 0.3 is 11.9 Å². The van der Waals surface area contributed by atoms with Crippen molar-refractivity contribution < 1.29 is 23.5 Å². The van der Waals surface area contributed by atoms with Gasteiger partial charge in [0.05, 0.1) is 33.5 Å². The van der Waals surface area contributed by atoms with Gasteiger partial charge in [-0.15, -0.1) is 0 Å². The summed E-state index contributed by atoms with van der Waals surface area (Å²) in [7, 11) is 0. The lowest BCUT2D eigenvalue weighted by Gasteiger charge is -2.24. The quantitative estimate of drug-likeness (QED) is 0.221. The van der Waals surface area contributed by atoms with Crippen molar-refractivity contribution in [1.29, 1.82) is 0 Å². The SMILES string of the molecule is CCOC(=O)C1=C(C)N=c2s/c(=C/c3ccc(-c4ccc(Cl)cc4Cl)o3)c(=O)n2[C@@H]1c1ccc(OC(C)=O)cc1. The van der Waals surface area contributed by atoms with Crippen LogP contribution in [0.25, 0.3) is 17.4 Å². The van der Waals surface area contributed by atoms with Gasteiger partial charge in [0.2, 0.25) is 0 Å². The fourth-order valence-electron chi connectivity index (χ4n) is 4.38. The molecular weight excluding hydrogens is 575 g/mol. The Labute approximate surface area is 242 Å². The van der Waals surface area contributed by atoms with Crippen LogP contribution in [0, 0.1) is 0 Å². The highest BCUT2D eigenvalue weighted by molar-refractivity contribution is 7.07. The van der Waals surface area contributed by atoms with Crippen LogP contribution < -0.4 is 19.6 Å². The zero-order valence-corrected chi connectivity index (χ0v) is 23.9. The lowest BCUT2D eigenvalue weighted by molar-refractivity contribution is -0.139. The first-order chi connectivity index (χ1) is 19.2. The Morgan fingerprint density at radius 1 is 1.12 bits per heavy atom. The summed E-state index contributed by atoms with van der Waals surface area (Å²) >= 11 is 13.5. The Bertz CT molecular complexity index is 1850. The first-order valence-corrected chi connectivity index (χ1v) is 13.8. The molecule has 4 aromatic rings. The molecule has 0 N–H and O–H groups in total. The smallest absolute Gasteiger partial charge is 0.338 e. The number of hydrogen-bond donors (Lipinski definition) is 0. The molecule has 0 aliphatic carbocycles. The van der Waals surface area contributed by atoms with E-state index in [1.165, 1.54) is 22.8 Å². The van der Waals surface area contributed by atoms with Crippen LogP contribution in [0.5, 0.6) is 5.75 Å². The highest BCUT2D eigenvalue weighted by Gasteiger charge is 2.33. The second kappa shape index (κ2) is 11.3. The van der Waals surface area contributed by atoms with Gasteiger partial charge in [-0.25, -0.2) is 9.79 Å². The largest absolute Gasteiger partial charge is 0.463 e. The average Bonchev–Trinajstić information content (AvgIpc) is 3.47. The van der Waals surface area contributed by atoms with E-state index in [-0.39, 0.29) is 17.7 Å². The first-order valence-electron chi connectivity index (χ1n) is 12.2. The normalized spacial score (nSPS) is 15.0. The second-order valence-electron chi connectivity index (χ2n) is 8.79. The van der Waals surface area contributed by atoms with Gasteiger partial charge in [0.25, 0.3) is 5.56 Å². The maximum absolute atomic E-state index is 13.8. The van der Waals surface area contributed by atoms with E-state index in [4.69, 9.17) is 37.1 Å². The average molecular weight is 597 g/mol. The Morgan fingerprint density at radius 3 is 2.55 bits per heavy atom. The zero-order valence-electron chi connectivity index (χ0n) is 21.6. The Kier molecular flexibility index (Phi) is 7.80. The number of nitrogens with zero attached hydrogens (tertiary/aromatic N) is 2. The zero-order chi connectivity index (χ0) is 28.6. The molecule has 8 nitrogen and oxygen atoms in total. The van der Waals surface area contributed by atoms with Gasteiger partial charge in [-0.2, -0.15) is 0 Å². The number of furan rings is 1. The number of hydrogen-bond acceptors (Lipinski definition) is 8. The number of carbonyl (C=O) groups is 2. The van der Waals surface area contributed by atoms with Crippen LogP contribution in [0.2, 0.25) is 10.0 Å². The molecule has 0 unspecified atom stereocenters. The third-order valence-corrected chi connectivity index (χ3v) is 7.60. The van der Waals surface area contributed by atoms with Crippen molar-refractivity contribution in [3.8, 4) is 17.1 Å². The minimum absolute atomic E-state index is 0.163. The third kappa shape index (κ3) is 5.40. The number of halogens is 2. The summed E-state index contributed by atoms with van der Waals surface area (Å²) in [6.07, 6.45) is 1.63. The van der Waals surface area contributed by atoms with E-state index < -0.39 is 18.0 Å². The lowest BCUT2D eigenvalue weighted by atomic mass is 9.96. The van der Waals surface area contributed by atoms with Crippen molar-refractivity contribution in [2.24, 2.45) is 4.99 Å². The van der Waals surface area contributed by atoms with Crippen LogP contribution in [-0.4, -0.2) is 23.1 Å². The van der Waals surface area contributed by atoms with Crippen LogP contribution in [-0.2, 0) is 14.3 Å². The maximum Gasteiger partial charge on any atom is 0.338 e. The van der Waals surface area contributed by atoms with E-state index in [1.54, 1.807) is 74.5 Å². The van der Waals surface area contributed by atoms with E-state index >= 15 is 0 Å². The van der Waals surface area contributed by atoms with Gasteiger partial charge < -0.3 is 13.9 Å². The molecule has 1 aliphatic rings. The summed E-state index contributed by atoms with van der Waals surface area (Å²) in [6, 6.07) is 14.4. The molecule has 11 heteroatoms. The van der Waals surface area contributed by atoms with Crippen LogP contribution in [0.3, 0.4) is 0 Å². The minimum atomic E-state index is -0.802. The molecule has 5 rings (SSSR count). The monoisotopic (exact) mass is 596 g/mol. The topological polar surface area (TPSA) is 100 Å². The number of esters is 2. The van der Waals surface area contributed by atoms with Gasteiger partial charge in [-0.3, -0.25) is 14.2 Å². The standard InChI is InChI=1S/C29H22Cl2N2O6S/c1-4-37-28(36)25-15(2)32-29-33(26(25)17-5-8-19(9-6-17)38-16(3)34)27(35)24(40-29)14-20-10-12-23(39-20)21-11-7-18(30)13-22(21)31/h5-14,26H,4H2,1-3H3/b24-14+/t26-/m1/s1. The van der Waals surface area contributed by atoms with Crippen LogP contribution in [0.4, 0.5) is 0 Å². The first kappa shape index (κ1) is 27.6. The number of benzene rings is 2. The van der Waals surface area contributed by atoms with Crippen molar-refractivity contribution in [2.75, 3.05) is 6.61 Å². The number of carbonyl (C=O) groups excluding carboxylic acids is 2. The van der Waals surface area contributed by atoms with Gasteiger partial charge in [0.15, 0.2) is 4.80 Å². The molecule has 0 radical (unpaired) electrons. The molecule has 204 valence electrons. The molecule has 0 saturated carbocycles. The highest BCUT2D eigenvalue weighted by atomic mass is 35.5. The Hall–Kier alpha value is -3.92. The molecule has 3 heterocycles. The summed E-state index contributed by atoms with van der Waals surface area (Å²) in [5.41, 5.74) is 1.63. The maximum atomic E-state index is 13.8. The van der Waals surface area contributed by atoms with E-state index in [2.05, 4.69) is 4.99 Å². The predicted octanol–water partition coefficient (Wildman–Crippen LogP) is 5.29. The van der Waals surface area contributed by atoms with Crippen molar-refractivity contribution in [3.63, 3.8) is 0 Å². The molecular formula is C29H22Cl2N2O6S.